The van der Waals surface area contributed by atoms with Gasteiger partial charge in [0.2, 0.25) is 5.91 Å². The number of nitrogens with zero attached hydrogens (tertiary/aromatic N) is 2. The summed E-state index contributed by atoms with van der Waals surface area (Å²) in [6.07, 6.45) is 2.36. The van der Waals surface area contributed by atoms with Gasteiger partial charge in [0.25, 0.3) is 0 Å². The number of anilines is 1. The summed E-state index contributed by atoms with van der Waals surface area (Å²) in [4.78, 5) is 17.1. The fourth-order valence-corrected chi connectivity index (χ4v) is 4.20. The van der Waals surface area contributed by atoms with Crippen molar-refractivity contribution in [3.8, 4) is 5.75 Å². The maximum Gasteiger partial charge on any atom is 0.227 e. The van der Waals surface area contributed by atoms with Crippen LogP contribution in [0.25, 0.3) is 0 Å². The zero-order valence-electron chi connectivity index (χ0n) is 17.2. The molecule has 0 radical (unpaired) electrons. The first-order valence-electron chi connectivity index (χ1n) is 10.6. The van der Waals surface area contributed by atoms with E-state index >= 15 is 0 Å². The highest BCUT2D eigenvalue weighted by Crippen LogP contribution is 2.37. The summed E-state index contributed by atoms with van der Waals surface area (Å²) in [6.45, 7) is 8.07. The van der Waals surface area contributed by atoms with Crippen molar-refractivity contribution >= 4 is 11.6 Å². The molecular formula is C24H30N2O3. The minimum absolute atomic E-state index is 0.189. The first-order valence-corrected chi connectivity index (χ1v) is 10.6. The molecule has 0 atom stereocenters. The van der Waals surface area contributed by atoms with E-state index in [0.29, 0.717) is 19.6 Å². The van der Waals surface area contributed by atoms with Gasteiger partial charge in [-0.1, -0.05) is 36.4 Å². The van der Waals surface area contributed by atoms with Crippen LogP contribution in [-0.2, 0) is 22.5 Å². The number of carbonyl (C=O) groups excluding carboxylic acids is 1. The van der Waals surface area contributed by atoms with Gasteiger partial charge in [-0.3, -0.25) is 9.69 Å². The first kappa shape index (κ1) is 19.9. The van der Waals surface area contributed by atoms with Crippen LogP contribution in [0.5, 0.6) is 5.75 Å². The molecule has 0 saturated carbocycles. The van der Waals surface area contributed by atoms with Gasteiger partial charge in [0.05, 0.1) is 32.1 Å². The molecule has 0 aromatic heterocycles. The molecule has 154 valence electrons. The molecule has 0 N–H and O–H groups in total. The van der Waals surface area contributed by atoms with Gasteiger partial charge in [0.15, 0.2) is 0 Å². The van der Waals surface area contributed by atoms with E-state index in [2.05, 4.69) is 36.1 Å². The predicted octanol–water partition coefficient (Wildman–Crippen LogP) is 3.58. The van der Waals surface area contributed by atoms with Gasteiger partial charge < -0.3 is 14.4 Å². The molecule has 29 heavy (non-hydrogen) atoms. The lowest BCUT2D eigenvalue weighted by molar-refractivity contribution is -0.119. The van der Waals surface area contributed by atoms with Crippen LogP contribution in [0, 0.1) is 6.92 Å². The SMILES string of the molecule is Cc1c(OCCCN2CCOCC2)ccc2c1N(Cc1ccccc1)C(=O)CC2. The minimum atomic E-state index is 0.189. The molecule has 2 aliphatic rings. The fraction of sp³-hybridized carbons (Fsp3) is 0.458. The van der Waals surface area contributed by atoms with Crippen molar-refractivity contribution < 1.29 is 14.3 Å². The number of fused-ring (bicyclic) bond motifs is 1. The molecule has 1 saturated heterocycles. The van der Waals surface area contributed by atoms with Gasteiger partial charge in [0.1, 0.15) is 5.75 Å². The first-order chi connectivity index (χ1) is 14.2. The Labute approximate surface area is 173 Å². The molecule has 2 aromatic rings. The van der Waals surface area contributed by atoms with Crippen LogP contribution in [-0.4, -0.2) is 50.3 Å². The minimum Gasteiger partial charge on any atom is -0.493 e. The highest BCUT2D eigenvalue weighted by molar-refractivity contribution is 5.97. The summed E-state index contributed by atoms with van der Waals surface area (Å²) < 4.78 is 11.5. The van der Waals surface area contributed by atoms with Crippen molar-refractivity contribution in [1.82, 2.24) is 4.90 Å². The third-order valence-electron chi connectivity index (χ3n) is 5.81. The van der Waals surface area contributed by atoms with Gasteiger partial charge in [-0.05, 0) is 37.0 Å². The molecular weight excluding hydrogens is 364 g/mol. The lowest BCUT2D eigenvalue weighted by atomic mass is 9.96. The molecule has 5 heteroatoms. The van der Waals surface area contributed by atoms with Crippen LogP contribution in [0.4, 0.5) is 5.69 Å². The molecule has 2 heterocycles. The predicted molar refractivity (Wildman–Crippen MR) is 115 cm³/mol. The summed E-state index contributed by atoms with van der Waals surface area (Å²) in [5, 5.41) is 0. The third kappa shape index (κ3) is 4.80. The topological polar surface area (TPSA) is 42.0 Å². The largest absolute Gasteiger partial charge is 0.493 e. The van der Waals surface area contributed by atoms with Crippen molar-refractivity contribution in [3.63, 3.8) is 0 Å². The Kier molecular flexibility index (Phi) is 6.47. The molecule has 1 amide bonds. The van der Waals surface area contributed by atoms with Crippen LogP contribution in [0.2, 0.25) is 0 Å². The Morgan fingerprint density at radius 3 is 2.62 bits per heavy atom. The molecule has 2 aromatic carbocycles. The van der Waals surface area contributed by atoms with Crippen molar-refractivity contribution in [1.29, 1.82) is 0 Å². The number of ether oxygens (including phenoxy) is 2. The number of morpholine rings is 1. The lowest BCUT2D eigenvalue weighted by Gasteiger charge is -2.32. The van der Waals surface area contributed by atoms with E-state index in [-0.39, 0.29) is 5.91 Å². The van der Waals surface area contributed by atoms with E-state index in [0.717, 1.165) is 68.3 Å². The summed E-state index contributed by atoms with van der Waals surface area (Å²) in [6, 6.07) is 14.4. The Morgan fingerprint density at radius 1 is 1.03 bits per heavy atom. The molecule has 0 spiro atoms. The van der Waals surface area contributed by atoms with E-state index < -0.39 is 0 Å². The van der Waals surface area contributed by atoms with Gasteiger partial charge in [-0.25, -0.2) is 0 Å². The van der Waals surface area contributed by atoms with Crippen LogP contribution in [0.1, 0.15) is 29.5 Å². The van der Waals surface area contributed by atoms with Crippen LogP contribution in [0.3, 0.4) is 0 Å². The molecule has 0 aliphatic carbocycles. The van der Waals surface area contributed by atoms with Gasteiger partial charge in [0, 0.05) is 31.6 Å². The number of aryl methyl sites for hydroxylation is 1. The monoisotopic (exact) mass is 394 g/mol. The Bertz CT molecular complexity index is 832. The van der Waals surface area contributed by atoms with Gasteiger partial charge in [-0.15, -0.1) is 0 Å². The number of amides is 1. The molecule has 4 rings (SSSR count). The second kappa shape index (κ2) is 9.42. The maximum absolute atomic E-state index is 12.7. The van der Waals surface area contributed by atoms with Crippen molar-refractivity contribution in [3.05, 3.63) is 59.2 Å². The number of benzene rings is 2. The van der Waals surface area contributed by atoms with Crippen LogP contribution in [0.15, 0.2) is 42.5 Å². The number of hydrogen-bond acceptors (Lipinski definition) is 4. The zero-order valence-corrected chi connectivity index (χ0v) is 17.2. The van der Waals surface area contributed by atoms with E-state index in [1.807, 2.05) is 23.1 Å². The second-order valence-electron chi connectivity index (χ2n) is 7.82. The van der Waals surface area contributed by atoms with Crippen molar-refractivity contribution in [2.24, 2.45) is 0 Å². The van der Waals surface area contributed by atoms with E-state index in [1.165, 1.54) is 5.56 Å². The summed E-state index contributed by atoms with van der Waals surface area (Å²) >= 11 is 0. The molecule has 1 fully saturated rings. The zero-order chi connectivity index (χ0) is 20.1. The smallest absolute Gasteiger partial charge is 0.227 e. The molecule has 0 bridgehead atoms. The summed E-state index contributed by atoms with van der Waals surface area (Å²) in [5.41, 5.74) is 4.48. The van der Waals surface area contributed by atoms with Gasteiger partial charge >= 0.3 is 0 Å². The third-order valence-corrected chi connectivity index (χ3v) is 5.81. The molecule has 5 nitrogen and oxygen atoms in total. The summed E-state index contributed by atoms with van der Waals surface area (Å²) in [7, 11) is 0. The van der Waals surface area contributed by atoms with Crippen LogP contribution >= 0.6 is 0 Å². The second-order valence-corrected chi connectivity index (χ2v) is 7.82. The molecule has 0 unspecified atom stereocenters. The standard InChI is InChI=1S/C24H30N2O3/c1-19-22(29-15-5-12-25-13-16-28-17-14-25)10-8-21-9-11-23(27)26(24(19)21)18-20-6-3-2-4-7-20/h2-4,6-8,10H,5,9,11-18H2,1H3. The Hall–Kier alpha value is -2.37. The number of rotatable bonds is 7. The van der Waals surface area contributed by atoms with Crippen molar-refractivity contribution in [2.45, 2.75) is 32.7 Å². The van der Waals surface area contributed by atoms with Crippen LogP contribution < -0.4 is 9.64 Å². The average molecular weight is 395 g/mol. The highest BCUT2D eigenvalue weighted by atomic mass is 16.5. The Balaban J connectivity index is 1.44. The van der Waals surface area contributed by atoms with E-state index in [1.54, 1.807) is 0 Å². The summed E-state index contributed by atoms with van der Waals surface area (Å²) in [5.74, 6) is 1.08. The van der Waals surface area contributed by atoms with Gasteiger partial charge in [-0.2, -0.15) is 0 Å². The molecule has 2 aliphatic heterocycles. The lowest BCUT2D eigenvalue weighted by Crippen LogP contribution is -2.37. The highest BCUT2D eigenvalue weighted by Gasteiger charge is 2.27. The van der Waals surface area contributed by atoms with Crippen molar-refractivity contribution in [2.75, 3.05) is 44.4 Å². The normalized spacial score (nSPS) is 17.3. The number of hydrogen-bond donors (Lipinski definition) is 0. The Morgan fingerprint density at radius 2 is 1.83 bits per heavy atom. The average Bonchev–Trinajstić information content (AvgIpc) is 2.76. The van der Waals surface area contributed by atoms with E-state index in [9.17, 15) is 4.79 Å². The quantitative estimate of drug-likeness (QED) is 0.673. The fourth-order valence-electron chi connectivity index (χ4n) is 4.20. The number of carbonyl (C=O) groups is 1. The maximum atomic E-state index is 12.7. The van der Waals surface area contributed by atoms with E-state index in [4.69, 9.17) is 9.47 Å².